The third-order valence-electron chi connectivity index (χ3n) is 3.62. The van der Waals surface area contributed by atoms with Gasteiger partial charge in [0.25, 0.3) is 0 Å². The van der Waals surface area contributed by atoms with Gasteiger partial charge in [-0.2, -0.15) is 0 Å². The monoisotopic (exact) mass is 311 g/mol. The van der Waals surface area contributed by atoms with E-state index < -0.39 is 11.8 Å². The highest BCUT2D eigenvalue weighted by molar-refractivity contribution is 6.34. The lowest BCUT2D eigenvalue weighted by atomic mass is 10.2. The summed E-state index contributed by atoms with van der Waals surface area (Å²) in [6.07, 6.45) is 4.13. The lowest BCUT2D eigenvalue weighted by Gasteiger charge is -2.21. The maximum Gasteiger partial charge on any atom is 0.312 e. The molecule has 0 bridgehead atoms. The van der Waals surface area contributed by atoms with Crippen LogP contribution >= 0.6 is 0 Å². The Balaban J connectivity index is 1.86. The van der Waals surface area contributed by atoms with Crippen LogP contribution in [0.2, 0.25) is 0 Å². The number of hydrogen-bond donors (Lipinski definition) is 0. The number of nitrogens with zero attached hydrogens (tertiary/aromatic N) is 3. The predicted molar refractivity (Wildman–Crippen MR) is 88.5 cm³/mol. The predicted octanol–water partition coefficient (Wildman–Crippen LogP) is 1.74. The van der Waals surface area contributed by atoms with Crippen molar-refractivity contribution in [3.8, 4) is 0 Å². The molecule has 2 amide bonds. The van der Waals surface area contributed by atoms with E-state index in [0.29, 0.717) is 19.5 Å². The lowest BCUT2D eigenvalue weighted by molar-refractivity contribution is -0.150. The Morgan fingerprint density at radius 1 is 0.870 bits per heavy atom. The average molecular weight is 311 g/mol. The first-order valence-electron chi connectivity index (χ1n) is 7.51. The third-order valence-corrected chi connectivity index (χ3v) is 3.62. The highest BCUT2D eigenvalue weighted by Crippen LogP contribution is 2.05. The molecule has 1 aromatic carbocycles. The summed E-state index contributed by atoms with van der Waals surface area (Å²) in [5, 5.41) is 0. The fourth-order valence-electron chi connectivity index (χ4n) is 2.20. The molecule has 0 aliphatic heterocycles. The van der Waals surface area contributed by atoms with Crippen LogP contribution in [0.4, 0.5) is 0 Å². The van der Waals surface area contributed by atoms with Crippen LogP contribution in [0.25, 0.3) is 0 Å². The minimum absolute atomic E-state index is 0.420. The topological polar surface area (TPSA) is 53.5 Å². The van der Waals surface area contributed by atoms with Crippen molar-refractivity contribution in [1.29, 1.82) is 0 Å². The molecule has 0 aliphatic carbocycles. The van der Waals surface area contributed by atoms with E-state index in [1.54, 1.807) is 26.5 Å². The van der Waals surface area contributed by atoms with Gasteiger partial charge in [-0.15, -0.1) is 0 Å². The number of aromatic nitrogens is 1. The van der Waals surface area contributed by atoms with E-state index in [-0.39, 0.29) is 0 Å². The smallest absolute Gasteiger partial charge is 0.312 e. The van der Waals surface area contributed by atoms with Crippen molar-refractivity contribution >= 4 is 11.8 Å². The zero-order valence-corrected chi connectivity index (χ0v) is 13.5. The van der Waals surface area contributed by atoms with Gasteiger partial charge in [-0.1, -0.05) is 30.3 Å². The zero-order chi connectivity index (χ0) is 16.7. The Labute approximate surface area is 136 Å². The molecule has 0 radical (unpaired) electrons. The second-order valence-corrected chi connectivity index (χ2v) is 5.48. The Morgan fingerprint density at radius 3 is 2.13 bits per heavy atom. The number of carbonyl (C=O) groups is 2. The summed E-state index contributed by atoms with van der Waals surface area (Å²) in [5.74, 6) is -0.983. The van der Waals surface area contributed by atoms with Crippen molar-refractivity contribution in [3.63, 3.8) is 0 Å². The fourth-order valence-corrected chi connectivity index (χ4v) is 2.20. The molecule has 0 unspecified atom stereocenters. The Bertz CT molecular complexity index is 644. The molecule has 0 aliphatic rings. The minimum Gasteiger partial charge on any atom is -0.337 e. The van der Waals surface area contributed by atoms with Crippen LogP contribution in [0.15, 0.2) is 54.9 Å². The van der Waals surface area contributed by atoms with Gasteiger partial charge < -0.3 is 9.80 Å². The molecule has 120 valence electrons. The summed E-state index contributed by atoms with van der Waals surface area (Å²) in [6.45, 7) is 0.914. The maximum absolute atomic E-state index is 12.2. The van der Waals surface area contributed by atoms with Gasteiger partial charge in [-0.05, 0) is 29.7 Å². The van der Waals surface area contributed by atoms with Crippen molar-refractivity contribution in [3.05, 3.63) is 66.0 Å². The van der Waals surface area contributed by atoms with E-state index in [1.807, 2.05) is 42.5 Å². The SMILES string of the molecule is CN(CCc1ccncc1)C(=O)C(=O)N(C)Cc1ccccc1. The number of amides is 2. The molecule has 0 atom stereocenters. The van der Waals surface area contributed by atoms with E-state index in [9.17, 15) is 9.59 Å². The van der Waals surface area contributed by atoms with Gasteiger partial charge in [-0.3, -0.25) is 14.6 Å². The van der Waals surface area contributed by atoms with Crippen molar-refractivity contribution < 1.29 is 9.59 Å². The number of rotatable bonds is 5. The van der Waals surface area contributed by atoms with Gasteiger partial charge in [0.1, 0.15) is 0 Å². The van der Waals surface area contributed by atoms with Crippen LogP contribution in [0.1, 0.15) is 11.1 Å². The summed E-state index contributed by atoms with van der Waals surface area (Å²) < 4.78 is 0. The molecule has 5 nitrogen and oxygen atoms in total. The summed E-state index contributed by atoms with van der Waals surface area (Å²) in [5.41, 5.74) is 2.08. The van der Waals surface area contributed by atoms with E-state index in [0.717, 1.165) is 11.1 Å². The molecule has 0 spiro atoms. The number of likely N-dealkylation sites (N-methyl/N-ethyl adjacent to an activating group) is 2. The van der Waals surface area contributed by atoms with Gasteiger partial charge in [-0.25, -0.2) is 0 Å². The van der Waals surface area contributed by atoms with Gasteiger partial charge in [0.15, 0.2) is 0 Å². The maximum atomic E-state index is 12.2. The van der Waals surface area contributed by atoms with Crippen molar-refractivity contribution in [2.45, 2.75) is 13.0 Å². The summed E-state index contributed by atoms with van der Waals surface area (Å²) in [4.78, 5) is 31.3. The first-order chi connectivity index (χ1) is 11.1. The van der Waals surface area contributed by atoms with Crippen molar-refractivity contribution in [2.75, 3.05) is 20.6 Å². The van der Waals surface area contributed by atoms with Crippen LogP contribution in [0.3, 0.4) is 0 Å². The third kappa shape index (κ3) is 4.92. The van der Waals surface area contributed by atoms with Crippen LogP contribution < -0.4 is 0 Å². The van der Waals surface area contributed by atoms with Gasteiger partial charge in [0, 0.05) is 39.6 Å². The van der Waals surface area contributed by atoms with Gasteiger partial charge in [0.2, 0.25) is 0 Å². The summed E-state index contributed by atoms with van der Waals surface area (Å²) in [7, 11) is 3.29. The van der Waals surface area contributed by atoms with E-state index >= 15 is 0 Å². The lowest BCUT2D eigenvalue weighted by Crippen LogP contribution is -2.42. The molecule has 0 saturated carbocycles. The van der Waals surface area contributed by atoms with Crippen LogP contribution in [0, 0.1) is 0 Å². The first kappa shape index (κ1) is 16.7. The standard InChI is InChI=1S/C18H21N3O2/c1-20(13-10-15-8-11-19-12-9-15)17(22)18(23)21(2)14-16-6-4-3-5-7-16/h3-9,11-12H,10,13-14H2,1-2H3. The first-order valence-corrected chi connectivity index (χ1v) is 7.51. The molecule has 23 heavy (non-hydrogen) atoms. The second-order valence-electron chi connectivity index (χ2n) is 5.48. The van der Waals surface area contributed by atoms with Crippen LogP contribution in [0.5, 0.6) is 0 Å². The highest BCUT2D eigenvalue weighted by Gasteiger charge is 2.22. The number of benzene rings is 1. The zero-order valence-electron chi connectivity index (χ0n) is 13.5. The van der Waals surface area contributed by atoms with Gasteiger partial charge in [0.05, 0.1) is 0 Å². The van der Waals surface area contributed by atoms with Crippen LogP contribution in [-0.2, 0) is 22.6 Å². The normalized spacial score (nSPS) is 10.2. The van der Waals surface area contributed by atoms with Crippen molar-refractivity contribution in [1.82, 2.24) is 14.8 Å². The van der Waals surface area contributed by atoms with E-state index in [1.165, 1.54) is 9.80 Å². The molecule has 1 heterocycles. The van der Waals surface area contributed by atoms with E-state index in [4.69, 9.17) is 0 Å². The molecule has 0 N–H and O–H groups in total. The quantitative estimate of drug-likeness (QED) is 0.790. The average Bonchev–Trinajstić information content (AvgIpc) is 2.60. The highest BCUT2D eigenvalue weighted by atomic mass is 16.2. The van der Waals surface area contributed by atoms with Crippen molar-refractivity contribution in [2.24, 2.45) is 0 Å². The fraction of sp³-hybridized carbons (Fsp3) is 0.278. The molecule has 1 aromatic heterocycles. The number of hydrogen-bond acceptors (Lipinski definition) is 3. The largest absolute Gasteiger partial charge is 0.337 e. The van der Waals surface area contributed by atoms with Gasteiger partial charge >= 0.3 is 11.8 Å². The molecular formula is C18H21N3O2. The summed E-state index contributed by atoms with van der Waals surface area (Å²) >= 11 is 0. The summed E-state index contributed by atoms with van der Waals surface area (Å²) in [6, 6.07) is 13.4. The Morgan fingerprint density at radius 2 is 1.48 bits per heavy atom. The van der Waals surface area contributed by atoms with E-state index in [2.05, 4.69) is 4.98 Å². The van der Waals surface area contributed by atoms with Crippen LogP contribution in [-0.4, -0.2) is 47.2 Å². The second kappa shape index (κ2) is 8.08. The number of carbonyl (C=O) groups excluding carboxylic acids is 2. The molecule has 5 heteroatoms. The number of pyridine rings is 1. The Hall–Kier alpha value is -2.69. The minimum atomic E-state index is -0.494. The molecule has 0 fully saturated rings. The Kier molecular flexibility index (Phi) is 5.86. The molecule has 2 rings (SSSR count). The molecule has 0 saturated heterocycles. The molecule has 2 aromatic rings. The molecular weight excluding hydrogens is 290 g/mol.